The SMILES string of the molecule is C[C@@]1(c2ccc([N+](=O)[O-])cc2)NC(=O)N(CC(=O)NCCc2cccs2)C1=O. The van der Waals surface area contributed by atoms with Gasteiger partial charge in [0.05, 0.1) is 4.92 Å². The molecule has 10 heteroatoms. The molecule has 1 aromatic heterocycles. The molecule has 4 amide bonds. The number of nitrogens with zero attached hydrogens (tertiary/aromatic N) is 2. The van der Waals surface area contributed by atoms with Crippen LogP contribution >= 0.6 is 11.3 Å². The summed E-state index contributed by atoms with van der Waals surface area (Å²) in [6, 6.07) is 8.57. The van der Waals surface area contributed by atoms with E-state index in [1.807, 2.05) is 17.5 Å². The number of non-ortho nitro benzene ring substituents is 1. The van der Waals surface area contributed by atoms with E-state index in [1.54, 1.807) is 11.3 Å². The number of hydrogen-bond donors (Lipinski definition) is 2. The Morgan fingerprint density at radius 2 is 2.00 bits per heavy atom. The molecule has 1 fully saturated rings. The Balaban J connectivity index is 1.63. The average Bonchev–Trinajstić information content (AvgIpc) is 3.25. The smallest absolute Gasteiger partial charge is 0.325 e. The van der Waals surface area contributed by atoms with Crippen molar-refractivity contribution in [3.8, 4) is 0 Å². The van der Waals surface area contributed by atoms with E-state index in [1.165, 1.54) is 31.2 Å². The summed E-state index contributed by atoms with van der Waals surface area (Å²) >= 11 is 1.59. The average molecular weight is 402 g/mol. The van der Waals surface area contributed by atoms with Gasteiger partial charge in [-0.15, -0.1) is 11.3 Å². The van der Waals surface area contributed by atoms with Crippen LogP contribution in [0.25, 0.3) is 0 Å². The molecule has 28 heavy (non-hydrogen) atoms. The predicted molar refractivity (Wildman–Crippen MR) is 102 cm³/mol. The van der Waals surface area contributed by atoms with Crippen LogP contribution in [0.2, 0.25) is 0 Å². The number of rotatable bonds is 7. The van der Waals surface area contributed by atoms with Gasteiger partial charge in [-0.3, -0.25) is 24.6 Å². The second-order valence-corrected chi connectivity index (χ2v) is 7.46. The number of urea groups is 1. The lowest BCUT2D eigenvalue weighted by atomic mass is 9.92. The van der Waals surface area contributed by atoms with Crippen molar-refractivity contribution in [3.63, 3.8) is 0 Å². The van der Waals surface area contributed by atoms with E-state index in [-0.39, 0.29) is 5.69 Å². The Kier molecular flexibility index (Phi) is 5.41. The zero-order valence-corrected chi connectivity index (χ0v) is 15.8. The quantitative estimate of drug-likeness (QED) is 0.415. The van der Waals surface area contributed by atoms with E-state index in [0.29, 0.717) is 18.5 Å². The minimum Gasteiger partial charge on any atom is -0.354 e. The number of carbonyl (C=O) groups excluding carboxylic acids is 3. The lowest BCUT2D eigenvalue weighted by molar-refractivity contribution is -0.384. The minimum atomic E-state index is -1.39. The third-order valence-electron chi connectivity index (χ3n) is 4.51. The van der Waals surface area contributed by atoms with E-state index >= 15 is 0 Å². The lowest BCUT2D eigenvalue weighted by Gasteiger charge is -2.22. The molecule has 9 nitrogen and oxygen atoms in total. The Labute approximate surface area is 164 Å². The molecule has 0 spiro atoms. The minimum absolute atomic E-state index is 0.119. The highest BCUT2D eigenvalue weighted by molar-refractivity contribution is 7.09. The number of amides is 4. The van der Waals surface area contributed by atoms with Gasteiger partial charge < -0.3 is 10.6 Å². The van der Waals surface area contributed by atoms with E-state index in [0.717, 1.165) is 9.78 Å². The molecular weight excluding hydrogens is 384 g/mol. The van der Waals surface area contributed by atoms with Gasteiger partial charge in [-0.25, -0.2) is 4.79 Å². The summed E-state index contributed by atoms with van der Waals surface area (Å²) in [7, 11) is 0. The maximum atomic E-state index is 12.8. The van der Waals surface area contributed by atoms with Gasteiger partial charge in [0.2, 0.25) is 5.91 Å². The van der Waals surface area contributed by atoms with Gasteiger partial charge in [0.1, 0.15) is 12.1 Å². The summed E-state index contributed by atoms with van der Waals surface area (Å²) in [5.74, 6) is -1.02. The summed E-state index contributed by atoms with van der Waals surface area (Å²) < 4.78 is 0. The van der Waals surface area contributed by atoms with Gasteiger partial charge in [0.15, 0.2) is 0 Å². The number of imide groups is 1. The number of hydrogen-bond acceptors (Lipinski definition) is 6. The largest absolute Gasteiger partial charge is 0.354 e. The molecule has 0 aliphatic carbocycles. The van der Waals surface area contributed by atoms with Gasteiger partial charge >= 0.3 is 6.03 Å². The van der Waals surface area contributed by atoms with E-state index in [9.17, 15) is 24.5 Å². The van der Waals surface area contributed by atoms with Crippen molar-refractivity contribution in [2.45, 2.75) is 18.9 Å². The van der Waals surface area contributed by atoms with Gasteiger partial charge in [0.25, 0.3) is 11.6 Å². The van der Waals surface area contributed by atoms with Gasteiger partial charge in [0, 0.05) is 23.6 Å². The van der Waals surface area contributed by atoms with Crippen LogP contribution in [0.5, 0.6) is 0 Å². The third kappa shape index (κ3) is 3.86. The van der Waals surface area contributed by atoms with Gasteiger partial charge in [-0.1, -0.05) is 6.07 Å². The first-order valence-corrected chi connectivity index (χ1v) is 9.37. The van der Waals surface area contributed by atoms with Crippen molar-refractivity contribution in [1.82, 2.24) is 15.5 Å². The van der Waals surface area contributed by atoms with Crippen molar-refractivity contribution in [3.05, 3.63) is 62.3 Å². The lowest BCUT2D eigenvalue weighted by Crippen LogP contribution is -2.43. The fourth-order valence-corrected chi connectivity index (χ4v) is 3.64. The van der Waals surface area contributed by atoms with Crippen molar-refractivity contribution in [1.29, 1.82) is 0 Å². The molecule has 3 rings (SSSR count). The molecule has 1 aromatic carbocycles. The summed E-state index contributed by atoms with van der Waals surface area (Å²) in [6.45, 7) is 1.52. The molecule has 1 aliphatic heterocycles. The predicted octanol–water partition coefficient (Wildman–Crippen LogP) is 1.78. The maximum absolute atomic E-state index is 12.8. The van der Waals surface area contributed by atoms with Crippen LogP contribution < -0.4 is 10.6 Å². The first-order chi connectivity index (χ1) is 13.3. The topological polar surface area (TPSA) is 122 Å². The maximum Gasteiger partial charge on any atom is 0.325 e. The zero-order chi connectivity index (χ0) is 20.3. The van der Waals surface area contributed by atoms with E-state index in [2.05, 4.69) is 10.6 Å². The first-order valence-electron chi connectivity index (χ1n) is 8.49. The highest BCUT2D eigenvalue weighted by Crippen LogP contribution is 2.29. The molecule has 2 heterocycles. The van der Waals surface area contributed by atoms with Crippen LogP contribution in [-0.2, 0) is 21.5 Å². The molecule has 2 N–H and O–H groups in total. The van der Waals surface area contributed by atoms with Crippen LogP contribution in [0.3, 0.4) is 0 Å². The molecule has 1 aliphatic rings. The summed E-state index contributed by atoms with van der Waals surface area (Å²) in [6.07, 6.45) is 0.671. The molecule has 0 unspecified atom stereocenters. The van der Waals surface area contributed by atoms with Crippen LogP contribution in [0.4, 0.5) is 10.5 Å². The molecular formula is C18H18N4O5S. The Hall–Kier alpha value is -3.27. The van der Waals surface area contributed by atoms with Crippen molar-refractivity contribution in [2.75, 3.05) is 13.1 Å². The second kappa shape index (κ2) is 7.77. The van der Waals surface area contributed by atoms with Crippen LogP contribution in [0.1, 0.15) is 17.4 Å². The number of nitro groups is 1. The van der Waals surface area contributed by atoms with E-state index in [4.69, 9.17) is 0 Å². The van der Waals surface area contributed by atoms with Gasteiger partial charge in [-0.05, 0) is 42.5 Å². The van der Waals surface area contributed by atoms with Crippen molar-refractivity contribution >= 4 is 34.9 Å². The van der Waals surface area contributed by atoms with Gasteiger partial charge in [-0.2, -0.15) is 0 Å². The number of nitro benzene ring substituents is 1. The summed E-state index contributed by atoms with van der Waals surface area (Å²) in [4.78, 5) is 49.4. The summed E-state index contributed by atoms with van der Waals surface area (Å²) in [5.41, 5.74) is -1.10. The fraction of sp³-hybridized carbons (Fsp3) is 0.278. The number of benzene rings is 1. The fourth-order valence-electron chi connectivity index (χ4n) is 2.93. The van der Waals surface area contributed by atoms with Crippen LogP contribution in [0.15, 0.2) is 41.8 Å². The second-order valence-electron chi connectivity index (χ2n) is 6.43. The van der Waals surface area contributed by atoms with Crippen LogP contribution in [0, 0.1) is 10.1 Å². The number of thiophene rings is 1. The highest BCUT2D eigenvalue weighted by Gasteiger charge is 2.49. The highest BCUT2D eigenvalue weighted by atomic mass is 32.1. The molecule has 146 valence electrons. The van der Waals surface area contributed by atoms with Crippen molar-refractivity contribution < 1.29 is 19.3 Å². The Morgan fingerprint density at radius 1 is 1.29 bits per heavy atom. The molecule has 0 saturated carbocycles. The third-order valence-corrected chi connectivity index (χ3v) is 5.44. The molecule has 0 radical (unpaired) electrons. The van der Waals surface area contributed by atoms with E-state index < -0.39 is 34.9 Å². The molecule has 1 atom stereocenters. The summed E-state index contributed by atoms with van der Waals surface area (Å²) in [5, 5.41) is 18.0. The number of nitrogens with one attached hydrogen (secondary N) is 2. The normalized spacial score (nSPS) is 18.8. The monoisotopic (exact) mass is 402 g/mol. The molecule has 1 saturated heterocycles. The Morgan fingerprint density at radius 3 is 2.61 bits per heavy atom. The number of carbonyl (C=O) groups is 3. The zero-order valence-electron chi connectivity index (χ0n) is 15.0. The first kappa shape index (κ1) is 19.5. The standard InChI is InChI=1S/C18H18N4O5S/c1-18(12-4-6-13(7-5-12)22(26)27)16(24)21(17(25)20-18)11-15(23)19-9-8-14-3-2-10-28-14/h2-7,10H,8-9,11H2,1H3,(H,19,23)(H,20,25)/t18-/m0/s1. The molecule has 2 aromatic rings. The van der Waals surface area contributed by atoms with Crippen LogP contribution in [-0.4, -0.2) is 40.8 Å². The van der Waals surface area contributed by atoms with Crippen molar-refractivity contribution in [2.24, 2.45) is 0 Å². The Bertz CT molecular complexity index is 913. The molecule has 0 bridgehead atoms.